The van der Waals surface area contributed by atoms with Crippen LogP contribution >= 0.6 is 11.6 Å². The average molecular weight is 656 g/mol. The molecule has 0 aliphatic heterocycles. The highest BCUT2D eigenvalue weighted by Crippen LogP contribution is 2.35. The summed E-state index contributed by atoms with van der Waals surface area (Å²) in [6.45, 7) is -1.44. The minimum atomic E-state index is -4.66. The van der Waals surface area contributed by atoms with E-state index in [9.17, 15) is 41.9 Å². The van der Waals surface area contributed by atoms with Crippen LogP contribution in [0.1, 0.15) is 38.8 Å². The van der Waals surface area contributed by atoms with Crippen LogP contribution < -0.4 is 5.32 Å². The number of carbonyl (C=O) groups excluding carboxylic acids is 1. The predicted molar refractivity (Wildman–Crippen MR) is 164 cm³/mol. The molecule has 4 rings (SSSR count). The number of alkyl halides is 4. The summed E-state index contributed by atoms with van der Waals surface area (Å²) in [7, 11) is 13.4. The van der Waals surface area contributed by atoms with E-state index in [0.29, 0.717) is 22.2 Å². The summed E-state index contributed by atoms with van der Waals surface area (Å²) in [5, 5.41) is 29.9. The van der Waals surface area contributed by atoms with Gasteiger partial charge < -0.3 is 25.2 Å². The van der Waals surface area contributed by atoms with E-state index in [0.717, 1.165) is 6.07 Å². The molecule has 0 saturated carbocycles. The summed E-state index contributed by atoms with van der Waals surface area (Å²) in [4.78, 5) is 10.2. The van der Waals surface area contributed by atoms with E-state index in [1.165, 1.54) is 48.5 Å². The number of aliphatic hydroxyl groups is 3. The van der Waals surface area contributed by atoms with Gasteiger partial charge in [0.15, 0.2) is 0 Å². The topological polar surface area (TPSA) is 112 Å². The molecule has 16 heteroatoms. The number of aryl methyl sites for hydroxylation is 1. The van der Waals surface area contributed by atoms with Crippen molar-refractivity contribution in [3.63, 3.8) is 0 Å². The second-order valence-electron chi connectivity index (χ2n) is 10.3. The molecule has 4 aromatic rings. The predicted octanol–water partition coefficient (Wildman–Crippen LogP) is 3.24. The van der Waals surface area contributed by atoms with Gasteiger partial charge in [0.2, 0.25) is 0 Å². The molecule has 0 bridgehead atoms. The largest absolute Gasteiger partial charge is 0.416 e. The van der Waals surface area contributed by atoms with Crippen molar-refractivity contribution in [3.05, 3.63) is 99.7 Å². The molecule has 3 unspecified atom stereocenters. The molecule has 1 amide bonds. The number of halogens is 5. The second kappa shape index (κ2) is 13.3. The molecular formula is C29H24B3ClF4N2O5S. The maximum atomic E-state index is 13.7. The number of fused-ring (bicyclic) bond motifs is 1. The van der Waals surface area contributed by atoms with Gasteiger partial charge in [0.1, 0.15) is 35.0 Å². The molecule has 45 heavy (non-hydrogen) atoms. The molecule has 7 nitrogen and oxygen atoms in total. The third-order valence-corrected chi connectivity index (χ3v) is 8.97. The molecule has 0 spiro atoms. The third kappa shape index (κ3) is 7.49. The van der Waals surface area contributed by atoms with E-state index in [2.05, 4.69) is 5.32 Å². The van der Waals surface area contributed by atoms with Gasteiger partial charge >= 0.3 is 6.18 Å². The molecule has 1 aromatic heterocycles. The number of aliphatic hydroxyl groups excluding tert-OH is 1. The molecule has 230 valence electrons. The van der Waals surface area contributed by atoms with Gasteiger partial charge in [-0.15, -0.1) is 0 Å². The smallest absolute Gasteiger partial charge is 0.406 e. The van der Waals surface area contributed by atoms with Gasteiger partial charge in [-0.3, -0.25) is 9.00 Å². The van der Waals surface area contributed by atoms with E-state index in [4.69, 9.17) is 35.1 Å². The molecule has 0 aliphatic rings. The molecule has 1 heterocycles. The SMILES string of the molecule is [B]C([B])(O)C([B])(O)S(=O)c1ccc(C(CO)NC(=O)c2ccc3c(c2)cc(Cc2ccc(Cl)cc2C(F)(F)F)n3CCF)cc1. The number of amides is 1. The number of nitrogens with one attached hydrogen (secondary N) is 1. The van der Waals surface area contributed by atoms with Crippen LogP contribution in [0.2, 0.25) is 5.02 Å². The minimum absolute atomic E-state index is 0.0497. The van der Waals surface area contributed by atoms with Gasteiger partial charge in [0, 0.05) is 43.9 Å². The van der Waals surface area contributed by atoms with Crippen LogP contribution in [0.4, 0.5) is 17.6 Å². The summed E-state index contributed by atoms with van der Waals surface area (Å²) >= 11 is 5.80. The van der Waals surface area contributed by atoms with E-state index < -0.39 is 58.0 Å². The van der Waals surface area contributed by atoms with Gasteiger partial charge in [-0.1, -0.05) is 29.8 Å². The van der Waals surface area contributed by atoms with Crippen molar-refractivity contribution in [2.24, 2.45) is 0 Å². The highest BCUT2D eigenvalue weighted by molar-refractivity contribution is 7.87. The summed E-state index contributed by atoms with van der Waals surface area (Å²) in [6.07, 6.45) is -4.83. The monoisotopic (exact) mass is 656 g/mol. The number of nitrogens with zero attached hydrogens (tertiary/aromatic N) is 1. The lowest BCUT2D eigenvalue weighted by Gasteiger charge is -2.36. The Morgan fingerprint density at radius 2 is 1.67 bits per heavy atom. The Balaban J connectivity index is 1.59. The third-order valence-electron chi connectivity index (χ3n) is 7.15. The van der Waals surface area contributed by atoms with Crippen LogP contribution in [0, 0.1) is 0 Å². The minimum Gasteiger partial charge on any atom is -0.406 e. The highest BCUT2D eigenvalue weighted by Gasteiger charge is 2.42. The fourth-order valence-electron chi connectivity index (χ4n) is 4.75. The number of benzene rings is 3. The number of hydrogen-bond donors (Lipinski definition) is 4. The Labute approximate surface area is 267 Å². The fourth-order valence-corrected chi connectivity index (χ4v) is 5.97. The lowest BCUT2D eigenvalue weighted by atomic mass is 9.56. The molecule has 4 N–H and O–H groups in total. The van der Waals surface area contributed by atoms with E-state index in [1.54, 1.807) is 16.7 Å². The van der Waals surface area contributed by atoms with Crippen molar-refractivity contribution >= 4 is 62.7 Å². The lowest BCUT2D eigenvalue weighted by molar-refractivity contribution is -0.138. The lowest BCUT2D eigenvalue weighted by Crippen LogP contribution is -2.58. The summed E-state index contributed by atoms with van der Waals surface area (Å²) < 4.78 is 68.7. The van der Waals surface area contributed by atoms with Crippen LogP contribution in [-0.2, 0) is 29.9 Å². The van der Waals surface area contributed by atoms with Crippen LogP contribution in [0.25, 0.3) is 10.9 Å². The molecule has 0 saturated heterocycles. The maximum Gasteiger partial charge on any atom is 0.416 e. The van der Waals surface area contributed by atoms with Crippen molar-refractivity contribution < 1.29 is 41.9 Å². The molecular weight excluding hydrogens is 632 g/mol. The van der Waals surface area contributed by atoms with E-state index in [1.807, 2.05) is 0 Å². The summed E-state index contributed by atoms with van der Waals surface area (Å²) in [6, 6.07) is 14.0. The molecule has 0 aliphatic carbocycles. The van der Waals surface area contributed by atoms with E-state index in [-0.39, 0.29) is 34.0 Å². The number of aromatic nitrogens is 1. The number of rotatable bonds is 11. The van der Waals surface area contributed by atoms with Gasteiger partial charge in [-0.05, 0) is 59.7 Å². The molecule has 3 aromatic carbocycles. The first-order valence-electron chi connectivity index (χ1n) is 13.3. The van der Waals surface area contributed by atoms with Crippen molar-refractivity contribution in [1.29, 1.82) is 0 Å². The Hall–Kier alpha value is -3.10. The second-order valence-corrected chi connectivity index (χ2v) is 12.4. The van der Waals surface area contributed by atoms with E-state index >= 15 is 0 Å². The van der Waals surface area contributed by atoms with Gasteiger partial charge in [0.25, 0.3) is 5.91 Å². The van der Waals surface area contributed by atoms with Gasteiger partial charge in [0.05, 0.1) is 35.6 Å². The Kier molecular flexibility index (Phi) is 10.3. The first-order chi connectivity index (χ1) is 21.0. The average Bonchev–Trinajstić information content (AvgIpc) is 3.31. The van der Waals surface area contributed by atoms with Gasteiger partial charge in [-0.25, -0.2) is 4.39 Å². The zero-order valence-corrected chi connectivity index (χ0v) is 25.0. The van der Waals surface area contributed by atoms with Crippen molar-refractivity contribution in [2.45, 2.75) is 40.3 Å². The highest BCUT2D eigenvalue weighted by atomic mass is 35.5. The zero-order chi connectivity index (χ0) is 33.3. The first kappa shape index (κ1) is 34.8. The Bertz CT molecular complexity index is 1730. The van der Waals surface area contributed by atoms with Gasteiger partial charge in [-0.2, -0.15) is 13.2 Å². The fraction of sp³-hybridized carbons (Fsp3) is 0.276. The van der Waals surface area contributed by atoms with Crippen LogP contribution in [0.15, 0.2) is 71.6 Å². The molecule has 0 fully saturated rings. The van der Waals surface area contributed by atoms with Crippen LogP contribution in [-0.4, -0.2) is 77.1 Å². The Morgan fingerprint density at radius 3 is 2.24 bits per heavy atom. The quantitative estimate of drug-likeness (QED) is 0.147. The number of hydrogen-bond acceptors (Lipinski definition) is 5. The summed E-state index contributed by atoms with van der Waals surface area (Å²) in [5.41, 5.74) is 0.482. The normalized spacial score (nSPS) is 15.0. The zero-order valence-electron chi connectivity index (χ0n) is 23.4. The summed E-state index contributed by atoms with van der Waals surface area (Å²) in [5.74, 6) is -0.604. The first-order valence-corrected chi connectivity index (χ1v) is 14.8. The maximum absolute atomic E-state index is 13.7. The Morgan fingerprint density at radius 1 is 1.00 bits per heavy atom. The van der Waals surface area contributed by atoms with Crippen molar-refractivity contribution in [3.8, 4) is 0 Å². The standard InChI is InChI=1S/C29H24B3ClF4N2O5S/c30-28(31,42)29(32,43)45(44)22-6-2-16(3-7-22)24(15-40)38-26(41)18-4-8-25-19(11-18)13-21(39(25)10-9-34)12-17-1-5-20(33)14-23(17)27(35,36)37/h1-8,11,13-14,24,40,42-43H,9-10,12,15H2,(H,38,41). The van der Waals surface area contributed by atoms with Crippen molar-refractivity contribution in [1.82, 2.24) is 9.88 Å². The molecule has 6 radical (unpaired) electrons. The number of carbonyl (C=O) groups is 1. The molecule has 3 atom stereocenters. The van der Waals surface area contributed by atoms with Crippen LogP contribution in [0.5, 0.6) is 0 Å². The van der Waals surface area contributed by atoms with Crippen molar-refractivity contribution in [2.75, 3.05) is 13.3 Å². The van der Waals surface area contributed by atoms with Crippen LogP contribution in [0.3, 0.4) is 0 Å².